The molecule has 0 aliphatic carbocycles. The number of rotatable bonds is 5. The summed E-state index contributed by atoms with van der Waals surface area (Å²) in [5.74, 6) is 1.19. The number of carbonyl (C=O) groups is 1. The van der Waals surface area contributed by atoms with E-state index < -0.39 is 0 Å². The molecule has 0 radical (unpaired) electrons. The van der Waals surface area contributed by atoms with E-state index in [0.29, 0.717) is 18.9 Å². The number of piperidine rings is 2. The summed E-state index contributed by atoms with van der Waals surface area (Å²) in [5, 5.41) is 0. The quantitative estimate of drug-likeness (QED) is 0.836. The lowest BCUT2D eigenvalue weighted by atomic mass is 9.93. The molecule has 2 saturated heterocycles. The summed E-state index contributed by atoms with van der Waals surface area (Å²) < 4.78 is 0. The van der Waals surface area contributed by atoms with Gasteiger partial charge in [0.2, 0.25) is 5.91 Å². The molecule has 0 saturated carbocycles. The van der Waals surface area contributed by atoms with Crippen LogP contribution in [0.25, 0.3) is 0 Å². The number of nitrogens with zero attached hydrogens (tertiary/aromatic N) is 2. The largest absolute Gasteiger partial charge is 0.343 e. The van der Waals surface area contributed by atoms with Crippen molar-refractivity contribution < 1.29 is 4.79 Å². The zero-order chi connectivity index (χ0) is 14.4. The van der Waals surface area contributed by atoms with Crippen molar-refractivity contribution in [1.82, 2.24) is 9.80 Å². The van der Waals surface area contributed by atoms with Gasteiger partial charge in [-0.25, -0.2) is 0 Å². The normalized spacial score (nSPS) is 23.8. The Morgan fingerprint density at radius 2 is 1.80 bits per heavy atom. The molecule has 1 amide bonds. The lowest BCUT2D eigenvalue weighted by Gasteiger charge is -2.37. The lowest BCUT2D eigenvalue weighted by molar-refractivity contribution is -0.133. The van der Waals surface area contributed by atoms with Gasteiger partial charge in [0.1, 0.15) is 0 Å². The third-order valence-electron chi connectivity index (χ3n) is 5.13. The molecular weight excluding hydrogens is 250 g/mol. The molecule has 4 heteroatoms. The minimum absolute atomic E-state index is 0.252. The molecule has 0 aromatic heterocycles. The van der Waals surface area contributed by atoms with Gasteiger partial charge in [-0.1, -0.05) is 13.3 Å². The maximum absolute atomic E-state index is 12.4. The molecule has 0 aromatic carbocycles. The summed E-state index contributed by atoms with van der Waals surface area (Å²) in [4.78, 5) is 16.9. The van der Waals surface area contributed by atoms with Gasteiger partial charge in [-0.05, 0) is 51.1 Å². The molecule has 0 aromatic rings. The summed E-state index contributed by atoms with van der Waals surface area (Å²) >= 11 is 0. The lowest BCUT2D eigenvalue weighted by Crippen LogP contribution is -2.48. The SMILES string of the molecule is CCC1CCN(C(CN)CC(=O)N2CCCCC2)CC1. The van der Waals surface area contributed by atoms with Crippen molar-refractivity contribution in [3.63, 3.8) is 0 Å². The Morgan fingerprint density at radius 1 is 1.15 bits per heavy atom. The zero-order valence-corrected chi connectivity index (χ0v) is 13.0. The second kappa shape index (κ2) is 7.99. The Bertz CT molecular complexity index is 294. The fourth-order valence-corrected chi connectivity index (χ4v) is 3.56. The van der Waals surface area contributed by atoms with E-state index in [1.165, 1.54) is 38.5 Å². The van der Waals surface area contributed by atoms with Crippen LogP contribution in [0.5, 0.6) is 0 Å². The third-order valence-corrected chi connectivity index (χ3v) is 5.13. The van der Waals surface area contributed by atoms with Crippen LogP contribution in [-0.2, 0) is 4.79 Å². The maximum atomic E-state index is 12.4. The standard InChI is InChI=1S/C16H31N3O/c1-2-14-6-10-18(11-7-14)15(13-17)12-16(20)19-8-4-3-5-9-19/h14-15H,2-13,17H2,1H3. The van der Waals surface area contributed by atoms with Gasteiger partial charge in [0, 0.05) is 32.1 Å². The Hall–Kier alpha value is -0.610. The van der Waals surface area contributed by atoms with Gasteiger partial charge < -0.3 is 10.6 Å². The van der Waals surface area contributed by atoms with Crippen molar-refractivity contribution in [2.45, 2.75) is 57.9 Å². The van der Waals surface area contributed by atoms with Crippen molar-refractivity contribution in [2.75, 3.05) is 32.7 Å². The first-order chi connectivity index (χ1) is 9.74. The molecule has 0 spiro atoms. The van der Waals surface area contributed by atoms with Crippen molar-refractivity contribution in [1.29, 1.82) is 0 Å². The van der Waals surface area contributed by atoms with Crippen LogP contribution in [0.3, 0.4) is 0 Å². The van der Waals surface area contributed by atoms with Gasteiger partial charge in [0.15, 0.2) is 0 Å². The first-order valence-corrected chi connectivity index (χ1v) is 8.46. The van der Waals surface area contributed by atoms with E-state index in [-0.39, 0.29) is 6.04 Å². The van der Waals surface area contributed by atoms with Gasteiger partial charge in [0.25, 0.3) is 0 Å². The third kappa shape index (κ3) is 4.19. The van der Waals surface area contributed by atoms with Crippen molar-refractivity contribution in [3.8, 4) is 0 Å². The number of likely N-dealkylation sites (tertiary alicyclic amines) is 2. The van der Waals surface area contributed by atoms with Crippen molar-refractivity contribution in [3.05, 3.63) is 0 Å². The number of hydrogen-bond donors (Lipinski definition) is 1. The predicted octanol–water partition coefficient (Wildman–Crippen LogP) is 1.84. The van der Waals surface area contributed by atoms with Crippen LogP contribution >= 0.6 is 0 Å². The molecule has 2 heterocycles. The number of carbonyl (C=O) groups excluding carboxylic acids is 1. The second-order valence-electron chi connectivity index (χ2n) is 6.42. The molecule has 20 heavy (non-hydrogen) atoms. The summed E-state index contributed by atoms with van der Waals surface area (Å²) in [6.07, 6.45) is 8.05. The highest BCUT2D eigenvalue weighted by atomic mass is 16.2. The molecule has 2 rings (SSSR count). The summed E-state index contributed by atoms with van der Waals surface area (Å²) in [7, 11) is 0. The Kier molecular flexibility index (Phi) is 6.30. The van der Waals surface area contributed by atoms with Crippen molar-refractivity contribution >= 4 is 5.91 Å². The minimum atomic E-state index is 0.252. The topological polar surface area (TPSA) is 49.6 Å². The van der Waals surface area contributed by atoms with Crippen LogP contribution < -0.4 is 5.73 Å². The Morgan fingerprint density at radius 3 is 2.35 bits per heavy atom. The zero-order valence-electron chi connectivity index (χ0n) is 13.0. The highest BCUT2D eigenvalue weighted by Crippen LogP contribution is 2.22. The van der Waals surface area contributed by atoms with E-state index in [4.69, 9.17) is 5.73 Å². The van der Waals surface area contributed by atoms with E-state index in [0.717, 1.165) is 32.1 Å². The van der Waals surface area contributed by atoms with Crippen LogP contribution in [-0.4, -0.2) is 54.5 Å². The number of hydrogen-bond acceptors (Lipinski definition) is 3. The fraction of sp³-hybridized carbons (Fsp3) is 0.938. The number of amides is 1. The first kappa shape index (κ1) is 15.8. The average molecular weight is 281 g/mol. The number of nitrogens with two attached hydrogens (primary N) is 1. The molecule has 2 aliphatic rings. The van der Waals surface area contributed by atoms with Crippen LogP contribution in [0.1, 0.15) is 51.9 Å². The van der Waals surface area contributed by atoms with Crippen LogP contribution in [0.15, 0.2) is 0 Å². The van der Waals surface area contributed by atoms with Gasteiger partial charge in [0.05, 0.1) is 0 Å². The Balaban J connectivity index is 1.80. The van der Waals surface area contributed by atoms with E-state index in [1.807, 2.05) is 4.90 Å². The van der Waals surface area contributed by atoms with Crippen LogP contribution in [0, 0.1) is 5.92 Å². The van der Waals surface area contributed by atoms with Crippen LogP contribution in [0.4, 0.5) is 0 Å². The molecular formula is C16H31N3O. The summed E-state index contributed by atoms with van der Waals surface area (Å²) in [6.45, 7) is 7.03. The molecule has 116 valence electrons. The van der Waals surface area contributed by atoms with Crippen molar-refractivity contribution in [2.24, 2.45) is 11.7 Å². The highest BCUT2D eigenvalue weighted by molar-refractivity contribution is 5.77. The summed E-state index contributed by atoms with van der Waals surface area (Å²) in [5.41, 5.74) is 5.94. The maximum Gasteiger partial charge on any atom is 0.224 e. The summed E-state index contributed by atoms with van der Waals surface area (Å²) in [6, 6.07) is 0.252. The first-order valence-electron chi connectivity index (χ1n) is 8.46. The van der Waals surface area contributed by atoms with Gasteiger partial charge in [-0.3, -0.25) is 9.69 Å². The second-order valence-corrected chi connectivity index (χ2v) is 6.42. The van der Waals surface area contributed by atoms with E-state index in [2.05, 4.69) is 11.8 Å². The van der Waals surface area contributed by atoms with E-state index in [9.17, 15) is 4.79 Å². The highest BCUT2D eigenvalue weighted by Gasteiger charge is 2.27. The molecule has 2 aliphatic heterocycles. The molecule has 2 N–H and O–H groups in total. The molecule has 4 nitrogen and oxygen atoms in total. The van der Waals surface area contributed by atoms with E-state index in [1.54, 1.807) is 0 Å². The Labute approximate surface area is 123 Å². The average Bonchev–Trinajstić information content (AvgIpc) is 2.53. The molecule has 1 atom stereocenters. The molecule has 1 unspecified atom stereocenters. The smallest absolute Gasteiger partial charge is 0.224 e. The predicted molar refractivity (Wildman–Crippen MR) is 82.5 cm³/mol. The van der Waals surface area contributed by atoms with Gasteiger partial charge in [-0.2, -0.15) is 0 Å². The van der Waals surface area contributed by atoms with E-state index >= 15 is 0 Å². The minimum Gasteiger partial charge on any atom is -0.343 e. The fourth-order valence-electron chi connectivity index (χ4n) is 3.56. The van der Waals surface area contributed by atoms with Gasteiger partial charge in [-0.15, -0.1) is 0 Å². The van der Waals surface area contributed by atoms with Gasteiger partial charge >= 0.3 is 0 Å². The van der Waals surface area contributed by atoms with Crippen LogP contribution in [0.2, 0.25) is 0 Å². The molecule has 0 bridgehead atoms. The molecule has 2 fully saturated rings. The monoisotopic (exact) mass is 281 g/mol.